The lowest BCUT2D eigenvalue weighted by Crippen LogP contribution is -2.25. The van der Waals surface area contributed by atoms with Gasteiger partial charge in [-0.15, -0.1) is 0 Å². The second-order valence-electron chi connectivity index (χ2n) is 14.3. The summed E-state index contributed by atoms with van der Waals surface area (Å²) in [6.07, 6.45) is 0. The van der Waals surface area contributed by atoms with E-state index in [-0.39, 0.29) is 0 Å². The molecule has 0 amide bonds. The van der Waals surface area contributed by atoms with Crippen LogP contribution in [-0.4, -0.2) is 9.38 Å². The zero-order valence-electron chi connectivity index (χ0n) is 29.8. The zero-order chi connectivity index (χ0) is 36.5. The summed E-state index contributed by atoms with van der Waals surface area (Å²) in [6, 6.07) is 69.7. The molecule has 1 unspecified atom stereocenters. The Kier molecular flexibility index (Phi) is 7.14. The third-order valence-corrected chi connectivity index (χ3v) is 14.3. The molecule has 2 aromatic heterocycles. The summed E-state index contributed by atoms with van der Waals surface area (Å²) in [5.41, 5.74) is 8.68. The van der Waals surface area contributed by atoms with Gasteiger partial charge in [-0.3, -0.25) is 4.40 Å². The van der Waals surface area contributed by atoms with E-state index < -0.39 is 7.14 Å². The number of fused-ring (bicyclic) bond motifs is 11. The fourth-order valence-corrected chi connectivity index (χ4v) is 11.1. The van der Waals surface area contributed by atoms with Gasteiger partial charge in [0.25, 0.3) is 0 Å². The molecule has 0 spiro atoms. The van der Waals surface area contributed by atoms with Gasteiger partial charge >= 0.3 is 0 Å². The normalized spacial score (nSPS) is 12.9. The Hall–Kier alpha value is -6.80. The largest absolute Gasteiger partial charge is 0.309 e. The first-order chi connectivity index (χ1) is 27.1. The number of imidazole rings is 1. The van der Waals surface area contributed by atoms with E-state index in [9.17, 15) is 0 Å². The minimum absolute atomic E-state index is 0.823. The van der Waals surface area contributed by atoms with Gasteiger partial charge in [0.1, 0.15) is 5.65 Å². The molecule has 2 heterocycles. The number of hydrogen-bond donors (Lipinski definition) is 0. The van der Waals surface area contributed by atoms with E-state index in [0.29, 0.717) is 0 Å². The molecule has 0 fully saturated rings. The molecular formula is C51H33N2OP. The van der Waals surface area contributed by atoms with Crippen molar-refractivity contribution in [2.75, 3.05) is 0 Å². The predicted octanol–water partition coefficient (Wildman–Crippen LogP) is 12.1. The molecule has 9 aromatic carbocycles. The van der Waals surface area contributed by atoms with Gasteiger partial charge in [0.05, 0.1) is 16.6 Å². The number of benzene rings is 9. The third-order valence-electron chi connectivity index (χ3n) is 11.2. The Morgan fingerprint density at radius 3 is 1.69 bits per heavy atom. The van der Waals surface area contributed by atoms with Gasteiger partial charge in [-0.2, -0.15) is 0 Å². The summed E-state index contributed by atoms with van der Waals surface area (Å²) in [4.78, 5) is 5.21. The van der Waals surface area contributed by atoms with Crippen molar-refractivity contribution in [3.63, 3.8) is 0 Å². The smallest absolute Gasteiger partial charge is 0.171 e. The summed E-state index contributed by atoms with van der Waals surface area (Å²) in [5.74, 6) is 0. The maximum absolute atomic E-state index is 15.3. The highest BCUT2D eigenvalue weighted by atomic mass is 31.2. The van der Waals surface area contributed by atoms with Crippen molar-refractivity contribution in [3.05, 3.63) is 200 Å². The van der Waals surface area contributed by atoms with Gasteiger partial charge in [0.2, 0.25) is 0 Å². The van der Waals surface area contributed by atoms with Gasteiger partial charge in [-0.05, 0) is 62.0 Å². The van der Waals surface area contributed by atoms with Crippen LogP contribution >= 0.6 is 7.14 Å². The molecule has 55 heavy (non-hydrogen) atoms. The molecule has 0 bridgehead atoms. The van der Waals surface area contributed by atoms with E-state index in [0.717, 1.165) is 71.0 Å². The van der Waals surface area contributed by atoms with E-state index in [1.165, 1.54) is 27.1 Å². The average molecular weight is 721 g/mol. The number of nitrogens with zero attached hydrogens (tertiary/aromatic N) is 2. The summed E-state index contributed by atoms with van der Waals surface area (Å²) in [6.45, 7) is 0. The number of pyridine rings is 1. The van der Waals surface area contributed by atoms with Crippen LogP contribution < -0.4 is 15.9 Å². The van der Waals surface area contributed by atoms with E-state index in [1.807, 2.05) is 60.7 Å². The molecule has 0 radical (unpaired) electrons. The lowest BCUT2D eigenvalue weighted by atomic mass is 9.99. The molecule has 11 aromatic rings. The topological polar surface area (TPSA) is 34.4 Å². The standard InChI is InChI=1S/C51H33N2OP/c54-55(41-13-2-1-3-14-41,43-29-24-34-10-4-5-12-39(34)32-43)42-27-22-36(23-28-42)35-18-20-37(21-19-35)40-26-31-48-49(33-40)53-50-44-15-7-6-11-38(44)25-30-46(50)45-16-8-9-17-47(45)51(53)52-48/h1-33H. The summed E-state index contributed by atoms with van der Waals surface area (Å²) < 4.78 is 17.6. The van der Waals surface area contributed by atoms with Crippen molar-refractivity contribution >= 4 is 83.0 Å². The second-order valence-corrected chi connectivity index (χ2v) is 17.1. The molecule has 0 aliphatic carbocycles. The van der Waals surface area contributed by atoms with Crippen molar-refractivity contribution in [3.8, 4) is 22.3 Å². The molecule has 0 aliphatic rings. The highest BCUT2D eigenvalue weighted by Gasteiger charge is 2.30. The van der Waals surface area contributed by atoms with Gasteiger partial charge in [0.15, 0.2) is 7.14 Å². The van der Waals surface area contributed by atoms with Crippen molar-refractivity contribution in [1.82, 2.24) is 9.38 Å². The van der Waals surface area contributed by atoms with E-state index >= 15 is 4.57 Å². The molecule has 0 aliphatic heterocycles. The Morgan fingerprint density at radius 2 is 0.927 bits per heavy atom. The van der Waals surface area contributed by atoms with Crippen LogP contribution in [0.3, 0.4) is 0 Å². The maximum atomic E-state index is 15.3. The average Bonchev–Trinajstić information content (AvgIpc) is 3.65. The third kappa shape index (κ3) is 4.98. The van der Waals surface area contributed by atoms with E-state index in [2.05, 4.69) is 144 Å². The minimum Gasteiger partial charge on any atom is -0.309 e. The molecule has 0 saturated heterocycles. The number of rotatable bonds is 5. The van der Waals surface area contributed by atoms with Crippen molar-refractivity contribution in [1.29, 1.82) is 0 Å². The predicted molar refractivity (Wildman–Crippen MR) is 233 cm³/mol. The quantitative estimate of drug-likeness (QED) is 0.131. The first-order valence-corrected chi connectivity index (χ1v) is 20.4. The van der Waals surface area contributed by atoms with Crippen LogP contribution in [0.4, 0.5) is 0 Å². The van der Waals surface area contributed by atoms with Crippen LogP contribution in [0.25, 0.3) is 82.2 Å². The SMILES string of the molecule is O=P(c1ccccc1)(c1ccc(-c2ccc(-c3ccc4nc5c6ccccc6c6ccc7ccccc7c6n5c4c3)cc2)cc1)c1ccc2ccccc2c1. The minimum atomic E-state index is -3.12. The van der Waals surface area contributed by atoms with Crippen molar-refractivity contribution in [2.45, 2.75) is 0 Å². The monoisotopic (exact) mass is 720 g/mol. The van der Waals surface area contributed by atoms with Crippen LogP contribution in [0.1, 0.15) is 0 Å². The zero-order valence-corrected chi connectivity index (χ0v) is 30.7. The van der Waals surface area contributed by atoms with Gasteiger partial charge in [0, 0.05) is 32.1 Å². The molecule has 1 atom stereocenters. The molecule has 258 valence electrons. The van der Waals surface area contributed by atoms with Gasteiger partial charge in [-0.1, -0.05) is 182 Å². The van der Waals surface area contributed by atoms with Crippen molar-refractivity contribution < 1.29 is 4.57 Å². The van der Waals surface area contributed by atoms with Crippen LogP contribution in [0, 0.1) is 0 Å². The highest BCUT2D eigenvalue weighted by molar-refractivity contribution is 7.85. The maximum Gasteiger partial charge on any atom is 0.171 e. The Morgan fingerprint density at radius 1 is 0.382 bits per heavy atom. The molecular weight excluding hydrogens is 688 g/mol. The van der Waals surface area contributed by atoms with Gasteiger partial charge < -0.3 is 4.57 Å². The highest BCUT2D eigenvalue weighted by Crippen LogP contribution is 2.43. The first-order valence-electron chi connectivity index (χ1n) is 18.6. The lowest BCUT2D eigenvalue weighted by Gasteiger charge is -2.21. The van der Waals surface area contributed by atoms with Crippen LogP contribution in [0.2, 0.25) is 0 Å². The summed E-state index contributed by atoms with van der Waals surface area (Å²) in [5, 5.41) is 10.7. The van der Waals surface area contributed by atoms with E-state index in [1.54, 1.807) is 0 Å². The lowest BCUT2D eigenvalue weighted by molar-refractivity contribution is 0.592. The fourth-order valence-electron chi connectivity index (χ4n) is 8.46. The Balaban J connectivity index is 0.986. The molecule has 0 saturated carbocycles. The number of aromatic nitrogens is 2. The van der Waals surface area contributed by atoms with E-state index in [4.69, 9.17) is 4.98 Å². The molecule has 0 N–H and O–H groups in total. The van der Waals surface area contributed by atoms with Crippen LogP contribution in [0.5, 0.6) is 0 Å². The fraction of sp³-hybridized carbons (Fsp3) is 0. The molecule has 11 rings (SSSR count). The Labute approximate surface area is 318 Å². The molecule has 4 heteroatoms. The second kappa shape index (κ2) is 12.4. The van der Waals surface area contributed by atoms with Crippen molar-refractivity contribution in [2.24, 2.45) is 0 Å². The molecule has 3 nitrogen and oxygen atoms in total. The summed E-state index contributed by atoms with van der Waals surface area (Å²) >= 11 is 0. The van der Waals surface area contributed by atoms with Gasteiger partial charge in [-0.25, -0.2) is 4.98 Å². The first kappa shape index (κ1) is 31.7. The summed E-state index contributed by atoms with van der Waals surface area (Å²) in [7, 11) is -3.12. The van der Waals surface area contributed by atoms with Crippen LogP contribution in [-0.2, 0) is 4.57 Å². The number of hydrogen-bond acceptors (Lipinski definition) is 2. The Bertz CT molecular complexity index is 3330. The van der Waals surface area contributed by atoms with Crippen LogP contribution in [0.15, 0.2) is 200 Å².